The lowest BCUT2D eigenvalue weighted by atomic mass is 9.97. The molecule has 0 spiro atoms. The second kappa shape index (κ2) is 6.43. The van der Waals surface area contributed by atoms with E-state index in [1.54, 1.807) is 0 Å². The van der Waals surface area contributed by atoms with Gasteiger partial charge in [-0.1, -0.05) is 5.16 Å². The van der Waals surface area contributed by atoms with Crippen LogP contribution in [0, 0.1) is 19.8 Å². The normalized spacial score (nSPS) is 20.0. The standard InChI is InChI=1S/C16H24N4O/c1-13-10-16(21-18-13)5-8-19-7-3-4-15(11-19)12-20-9-6-17-14(20)2/h6,9-10,15H,3-5,7-8,11-12H2,1-2H3. The van der Waals surface area contributed by atoms with E-state index < -0.39 is 0 Å². The zero-order valence-electron chi connectivity index (χ0n) is 13.0. The maximum Gasteiger partial charge on any atom is 0.138 e. The second-order valence-corrected chi connectivity index (χ2v) is 6.12. The molecule has 3 heterocycles. The molecule has 1 saturated heterocycles. The molecule has 21 heavy (non-hydrogen) atoms. The molecular formula is C16H24N4O. The van der Waals surface area contributed by atoms with Gasteiger partial charge in [0.25, 0.3) is 0 Å². The van der Waals surface area contributed by atoms with Gasteiger partial charge in [-0.15, -0.1) is 0 Å². The summed E-state index contributed by atoms with van der Waals surface area (Å²) in [4.78, 5) is 6.86. The Morgan fingerprint density at radius 3 is 3.00 bits per heavy atom. The van der Waals surface area contributed by atoms with Crippen molar-refractivity contribution in [2.75, 3.05) is 19.6 Å². The third-order valence-electron chi connectivity index (χ3n) is 4.33. The van der Waals surface area contributed by atoms with Gasteiger partial charge in [-0.25, -0.2) is 4.98 Å². The van der Waals surface area contributed by atoms with Gasteiger partial charge < -0.3 is 14.0 Å². The van der Waals surface area contributed by atoms with Crippen LogP contribution in [-0.4, -0.2) is 39.2 Å². The third kappa shape index (κ3) is 3.73. The van der Waals surface area contributed by atoms with Crippen molar-refractivity contribution in [3.05, 3.63) is 35.7 Å². The number of aromatic nitrogens is 3. The van der Waals surface area contributed by atoms with Crippen LogP contribution in [0.15, 0.2) is 23.0 Å². The van der Waals surface area contributed by atoms with Crippen LogP contribution in [0.2, 0.25) is 0 Å². The van der Waals surface area contributed by atoms with Crippen molar-refractivity contribution in [2.24, 2.45) is 5.92 Å². The van der Waals surface area contributed by atoms with Crippen molar-refractivity contribution in [3.8, 4) is 0 Å². The number of rotatable bonds is 5. The Bertz CT molecular complexity index is 574. The molecule has 5 heteroatoms. The van der Waals surface area contributed by atoms with Gasteiger partial charge >= 0.3 is 0 Å². The summed E-state index contributed by atoms with van der Waals surface area (Å²) in [5.41, 5.74) is 0.970. The van der Waals surface area contributed by atoms with E-state index in [4.69, 9.17) is 4.52 Å². The minimum Gasteiger partial charge on any atom is -0.361 e. The Morgan fingerprint density at radius 1 is 1.38 bits per heavy atom. The van der Waals surface area contributed by atoms with E-state index in [-0.39, 0.29) is 0 Å². The Kier molecular flexibility index (Phi) is 4.39. The maximum atomic E-state index is 5.29. The van der Waals surface area contributed by atoms with Crippen LogP contribution < -0.4 is 0 Å². The van der Waals surface area contributed by atoms with Gasteiger partial charge in [-0.2, -0.15) is 0 Å². The largest absolute Gasteiger partial charge is 0.361 e. The molecule has 1 fully saturated rings. The summed E-state index contributed by atoms with van der Waals surface area (Å²) in [5, 5.41) is 3.95. The SMILES string of the molecule is Cc1cc(CCN2CCCC(Cn3ccnc3C)C2)on1. The van der Waals surface area contributed by atoms with Crippen molar-refractivity contribution in [1.29, 1.82) is 0 Å². The monoisotopic (exact) mass is 288 g/mol. The lowest BCUT2D eigenvalue weighted by Crippen LogP contribution is -2.38. The minimum absolute atomic E-state index is 0.725. The van der Waals surface area contributed by atoms with Crippen LogP contribution in [0.4, 0.5) is 0 Å². The van der Waals surface area contributed by atoms with Crippen molar-refractivity contribution in [2.45, 2.75) is 39.7 Å². The number of imidazole rings is 1. The molecule has 0 amide bonds. The highest BCUT2D eigenvalue weighted by Gasteiger charge is 2.20. The van der Waals surface area contributed by atoms with Gasteiger partial charge in [0.2, 0.25) is 0 Å². The lowest BCUT2D eigenvalue weighted by molar-refractivity contribution is 0.160. The topological polar surface area (TPSA) is 47.1 Å². The highest BCUT2D eigenvalue weighted by molar-refractivity contribution is 5.03. The first kappa shape index (κ1) is 14.3. The fourth-order valence-corrected chi connectivity index (χ4v) is 3.18. The summed E-state index contributed by atoms with van der Waals surface area (Å²) in [6, 6.07) is 2.04. The lowest BCUT2D eigenvalue weighted by Gasteiger charge is -2.32. The Balaban J connectivity index is 1.50. The quantitative estimate of drug-likeness (QED) is 0.848. The molecule has 0 saturated carbocycles. The Hall–Kier alpha value is -1.62. The van der Waals surface area contributed by atoms with E-state index in [9.17, 15) is 0 Å². The molecule has 5 nitrogen and oxygen atoms in total. The highest BCUT2D eigenvalue weighted by Crippen LogP contribution is 2.19. The van der Waals surface area contributed by atoms with Gasteiger partial charge in [-0.05, 0) is 39.2 Å². The molecule has 0 aromatic carbocycles. The van der Waals surface area contributed by atoms with Gasteiger partial charge in [0.1, 0.15) is 11.6 Å². The van der Waals surface area contributed by atoms with Gasteiger partial charge in [0.05, 0.1) is 5.69 Å². The number of nitrogens with zero attached hydrogens (tertiary/aromatic N) is 4. The molecule has 2 aromatic heterocycles. The summed E-state index contributed by atoms with van der Waals surface area (Å²) in [6.07, 6.45) is 7.54. The Morgan fingerprint density at radius 2 is 2.29 bits per heavy atom. The zero-order valence-corrected chi connectivity index (χ0v) is 13.0. The number of hydrogen-bond acceptors (Lipinski definition) is 4. The van der Waals surface area contributed by atoms with Crippen molar-refractivity contribution in [1.82, 2.24) is 19.6 Å². The van der Waals surface area contributed by atoms with Gasteiger partial charge in [-0.3, -0.25) is 0 Å². The molecule has 0 N–H and O–H groups in total. The average molecular weight is 288 g/mol. The van der Waals surface area contributed by atoms with Crippen molar-refractivity contribution >= 4 is 0 Å². The number of likely N-dealkylation sites (tertiary alicyclic amines) is 1. The maximum absolute atomic E-state index is 5.29. The predicted molar refractivity (Wildman–Crippen MR) is 81.1 cm³/mol. The zero-order chi connectivity index (χ0) is 14.7. The first-order valence-corrected chi connectivity index (χ1v) is 7.83. The number of aryl methyl sites for hydroxylation is 2. The van der Waals surface area contributed by atoms with Crippen LogP contribution >= 0.6 is 0 Å². The van der Waals surface area contributed by atoms with Crippen LogP contribution in [0.25, 0.3) is 0 Å². The van der Waals surface area contributed by atoms with E-state index in [1.165, 1.54) is 25.9 Å². The molecule has 1 aliphatic rings. The molecule has 0 radical (unpaired) electrons. The fraction of sp³-hybridized carbons (Fsp3) is 0.625. The Labute approximate surface area is 125 Å². The summed E-state index contributed by atoms with van der Waals surface area (Å²) in [5.74, 6) is 2.84. The molecule has 0 bridgehead atoms. The summed E-state index contributed by atoms with van der Waals surface area (Å²) in [6.45, 7) is 8.57. The molecule has 0 aliphatic carbocycles. The second-order valence-electron chi connectivity index (χ2n) is 6.12. The van der Waals surface area contributed by atoms with E-state index in [0.29, 0.717) is 0 Å². The van der Waals surface area contributed by atoms with E-state index in [2.05, 4.69) is 32.7 Å². The average Bonchev–Trinajstić information content (AvgIpc) is 3.07. The number of piperidine rings is 1. The van der Waals surface area contributed by atoms with Gasteiger partial charge in [0, 0.05) is 44.5 Å². The summed E-state index contributed by atoms with van der Waals surface area (Å²) in [7, 11) is 0. The van der Waals surface area contributed by atoms with Crippen molar-refractivity contribution < 1.29 is 4.52 Å². The minimum atomic E-state index is 0.725. The highest BCUT2D eigenvalue weighted by atomic mass is 16.5. The third-order valence-corrected chi connectivity index (χ3v) is 4.33. The summed E-state index contributed by atoms with van der Waals surface area (Å²) < 4.78 is 7.57. The smallest absolute Gasteiger partial charge is 0.138 e. The first-order valence-electron chi connectivity index (χ1n) is 7.83. The fourth-order valence-electron chi connectivity index (χ4n) is 3.18. The molecule has 1 atom stereocenters. The van der Waals surface area contributed by atoms with Crippen LogP contribution in [-0.2, 0) is 13.0 Å². The van der Waals surface area contributed by atoms with Crippen LogP contribution in [0.5, 0.6) is 0 Å². The molecule has 114 valence electrons. The number of hydrogen-bond donors (Lipinski definition) is 0. The van der Waals surface area contributed by atoms with Crippen molar-refractivity contribution in [3.63, 3.8) is 0 Å². The summed E-state index contributed by atoms with van der Waals surface area (Å²) >= 11 is 0. The molecule has 3 rings (SSSR count). The molecular weight excluding hydrogens is 264 g/mol. The van der Waals surface area contributed by atoms with Crippen LogP contribution in [0.1, 0.15) is 30.1 Å². The molecule has 1 aliphatic heterocycles. The molecule has 2 aromatic rings. The van der Waals surface area contributed by atoms with E-state index in [1.807, 2.05) is 19.2 Å². The first-order chi connectivity index (χ1) is 10.2. The van der Waals surface area contributed by atoms with E-state index in [0.717, 1.165) is 42.7 Å². The van der Waals surface area contributed by atoms with E-state index >= 15 is 0 Å². The van der Waals surface area contributed by atoms with Crippen LogP contribution in [0.3, 0.4) is 0 Å². The molecule has 1 unspecified atom stereocenters. The predicted octanol–water partition coefficient (Wildman–Crippen LogP) is 2.44. The van der Waals surface area contributed by atoms with Gasteiger partial charge in [0.15, 0.2) is 0 Å².